The van der Waals surface area contributed by atoms with Crippen LogP contribution in [0, 0.1) is 11.6 Å². The number of rotatable bonds is 3. The molecule has 0 aromatic heterocycles. The Morgan fingerprint density at radius 1 is 1.16 bits per heavy atom. The first-order valence-corrected chi connectivity index (χ1v) is 6.44. The lowest BCUT2D eigenvalue weighted by atomic mass is 10.1. The first kappa shape index (κ1) is 14.0. The van der Waals surface area contributed by atoms with Gasteiger partial charge < -0.3 is 10.5 Å². The molecule has 2 aromatic rings. The fraction of sp³-hybridized carbons (Fsp3) is 0.143. The van der Waals surface area contributed by atoms with Crippen molar-refractivity contribution >= 4 is 15.9 Å². The lowest BCUT2D eigenvalue weighted by Gasteiger charge is -2.14. The van der Waals surface area contributed by atoms with Crippen molar-refractivity contribution in [2.24, 2.45) is 5.73 Å². The number of nitrogens with two attached hydrogens (primary N) is 1. The summed E-state index contributed by atoms with van der Waals surface area (Å²) in [5.74, 6) is 0.149. The normalized spacial score (nSPS) is 12.3. The summed E-state index contributed by atoms with van der Waals surface area (Å²) < 4.78 is 32.2. The van der Waals surface area contributed by atoms with Crippen molar-refractivity contribution in [3.8, 4) is 11.5 Å². The van der Waals surface area contributed by atoms with E-state index in [0.717, 1.165) is 0 Å². The van der Waals surface area contributed by atoms with E-state index in [2.05, 4.69) is 15.9 Å². The summed E-state index contributed by atoms with van der Waals surface area (Å²) in [7, 11) is 0. The number of ether oxygens (including phenoxy) is 1. The van der Waals surface area contributed by atoms with Gasteiger partial charge in [0.15, 0.2) is 0 Å². The molecule has 2 aromatic carbocycles. The first-order chi connectivity index (χ1) is 8.97. The number of benzene rings is 2. The van der Waals surface area contributed by atoms with Crippen molar-refractivity contribution < 1.29 is 13.5 Å². The van der Waals surface area contributed by atoms with Crippen molar-refractivity contribution in [2.45, 2.75) is 13.0 Å². The summed E-state index contributed by atoms with van der Waals surface area (Å²) in [6.07, 6.45) is 0. The largest absolute Gasteiger partial charge is 0.457 e. The molecule has 0 bridgehead atoms. The van der Waals surface area contributed by atoms with Crippen LogP contribution in [0.4, 0.5) is 8.78 Å². The van der Waals surface area contributed by atoms with Crippen LogP contribution in [0.3, 0.4) is 0 Å². The van der Waals surface area contributed by atoms with E-state index in [9.17, 15) is 8.78 Å². The van der Waals surface area contributed by atoms with Crippen molar-refractivity contribution in [2.75, 3.05) is 0 Å². The highest BCUT2D eigenvalue weighted by Gasteiger charge is 2.11. The summed E-state index contributed by atoms with van der Waals surface area (Å²) in [6, 6.07) is 8.05. The van der Waals surface area contributed by atoms with Gasteiger partial charge in [0.1, 0.15) is 23.1 Å². The Kier molecular flexibility index (Phi) is 4.17. The molecule has 0 radical (unpaired) electrons. The molecule has 0 heterocycles. The van der Waals surface area contributed by atoms with Gasteiger partial charge in [-0.2, -0.15) is 0 Å². The quantitative estimate of drug-likeness (QED) is 0.898. The predicted octanol–water partition coefficient (Wildman–Crippen LogP) is 4.54. The van der Waals surface area contributed by atoms with E-state index >= 15 is 0 Å². The van der Waals surface area contributed by atoms with Gasteiger partial charge in [0, 0.05) is 11.6 Å². The molecular formula is C14H12BrF2NO. The molecule has 100 valence electrons. The van der Waals surface area contributed by atoms with Gasteiger partial charge in [-0.1, -0.05) is 0 Å². The van der Waals surface area contributed by atoms with Gasteiger partial charge in [-0.15, -0.1) is 0 Å². The maximum atomic E-state index is 13.2. The molecular weight excluding hydrogens is 316 g/mol. The third kappa shape index (κ3) is 3.30. The lowest BCUT2D eigenvalue weighted by molar-refractivity contribution is 0.467. The van der Waals surface area contributed by atoms with E-state index in [1.165, 1.54) is 36.4 Å². The average molecular weight is 328 g/mol. The van der Waals surface area contributed by atoms with Crippen LogP contribution in [0.1, 0.15) is 18.5 Å². The molecule has 0 aliphatic rings. The Morgan fingerprint density at radius 2 is 1.89 bits per heavy atom. The summed E-state index contributed by atoms with van der Waals surface area (Å²) in [5.41, 5.74) is 6.33. The van der Waals surface area contributed by atoms with Crippen LogP contribution in [0.2, 0.25) is 0 Å². The predicted molar refractivity (Wildman–Crippen MR) is 73.2 cm³/mol. The Bertz CT molecular complexity index is 602. The zero-order valence-corrected chi connectivity index (χ0v) is 11.7. The molecule has 0 amide bonds. The molecule has 19 heavy (non-hydrogen) atoms. The SMILES string of the molecule is C[C@H](N)c1cc(F)ccc1Oc1ccc(F)c(Br)c1. The minimum atomic E-state index is -0.376. The average Bonchev–Trinajstić information content (AvgIpc) is 2.36. The maximum Gasteiger partial charge on any atom is 0.137 e. The van der Waals surface area contributed by atoms with E-state index in [0.29, 0.717) is 21.5 Å². The molecule has 5 heteroatoms. The van der Waals surface area contributed by atoms with Crippen molar-refractivity contribution in [3.05, 3.63) is 58.1 Å². The van der Waals surface area contributed by atoms with Crippen LogP contribution in [0.15, 0.2) is 40.9 Å². The van der Waals surface area contributed by atoms with Gasteiger partial charge in [-0.25, -0.2) is 8.78 Å². The maximum absolute atomic E-state index is 13.2. The van der Waals surface area contributed by atoms with Crippen LogP contribution < -0.4 is 10.5 Å². The Hall–Kier alpha value is -1.46. The van der Waals surface area contributed by atoms with Crippen molar-refractivity contribution in [1.29, 1.82) is 0 Å². The van der Waals surface area contributed by atoms with Gasteiger partial charge in [0.05, 0.1) is 4.47 Å². The van der Waals surface area contributed by atoms with E-state index in [4.69, 9.17) is 10.5 Å². The zero-order chi connectivity index (χ0) is 14.0. The molecule has 0 aliphatic carbocycles. The molecule has 2 nitrogen and oxygen atoms in total. The van der Waals surface area contributed by atoms with Crippen LogP contribution >= 0.6 is 15.9 Å². The van der Waals surface area contributed by atoms with Crippen LogP contribution in [-0.2, 0) is 0 Å². The summed E-state index contributed by atoms with van der Waals surface area (Å²) in [6.45, 7) is 1.74. The molecule has 0 spiro atoms. The summed E-state index contributed by atoms with van der Waals surface area (Å²) in [5, 5.41) is 0. The van der Waals surface area contributed by atoms with E-state index in [-0.39, 0.29) is 17.7 Å². The third-order valence-corrected chi connectivity index (χ3v) is 3.19. The fourth-order valence-corrected chi connectivity index (χ4v) is 1.99. The molecule has 1 atom stereocenters. The highest BCUT2D eigenvalue weighted by atomic mass is 79.9. The van der Waals surface area contributed by atoms with Crippen molar-refractivity contribution in [1.82, 2.24) is 0 Å². The van der Waals surface area contributed by atoms with Gasteiger partial charge in [0.25, 0.3) is 0 Å². The molecule has 0 saturated heterocycles. The van der Waals surface area contributed by atoms with Crippen LogP contribution in [-0.4, -0.2) is 0 Å². The lowest BCUT2D eigenvalue weighted by Crippen LogP contribution is -2.07. The smallest absolute Gasteiger partial charge is 0.137 e. The number of hydrogen-bond acceptors (Lipinski definition) is 2. The highest BCUT2D eigenvalue weighted by molar-refractivity contribution is 9.10. The first-order valence-electron chi connectivity index (χ1n) is 5.65. The Balaban J connectivity index is 2.35. The minimum Gasteiger partial charge on any atom is -0.457 e. The Morgan fingerprint density at radius 3 is 2.53 bits per heavy atom. The van der Waals surface area contributed by atoms with E-state index in [1.54, 1.807) is 6.92 Å². The van der Waals surface area contributed by atoms with Gasteiger partial charge >= 0.3 is 0 Å². The second-order valence-electron chi connectivity index (χ2n) is 4.15. The summed E-state index contributed by atoms with van der Waals surface area (Å²) >= 11 is 3.08. The van der Waals surface area contributed by atoms with E-state index in [1.807, 2.05) is 0 Å². The fourth-order valence-electron chi connectivity index (χ4n) is 1.64. The second-order valence-corrected chi connectivity index (χ2v) is 5.00. The van der Waals surface area contributed by atoms with Crippen molar-refractivity contribution in [3.63, 3.8) is 0 Å². The molecule has 0 unspecified atom stereocenters. The monoisotopic (exact) mass is 327 g/mol. The minimum absolute atomic E-state index is 0.300. The molecule has 0 saturated carbocycles. The molecule has 0 aliphatic heterocycles. The topological polar surface area (TPSA) is 35.2 Å². The third-order valence-electron chi connectivity index (χ3n) is 2.58. The Labute approximate surface area is 118 Å². The van der Waals surface area contributed by atoms with Gasteiger partial charge in [-0.3, -0.25) is 0 Å². The second kappa shape index (κ2) is 5.67. The molecule has 0 fully saturated rings. The van der Waals surface area contributed by atoms with E-state index < -0.39 is 0 Å². The van der Waals surface area contributed by atoms with Crippen LogP contribution in [0.5, 0.6) is 11.5 Å². The summed E-state index contributed by atoms with van der Waals surface area (Å²) in [4.78, 5) is 0. The standard InChI is InChI=1S/C14H12BrF2NO/c1-8(18)11-6-9(16)2-5-14(11)19-10-3-4-13(17)12(15)7-10/h2-8H,18H2,1H3/t8-/m0/s1. The zero-order valence-electron chi connectivity index (χ0n) is 10.2. The highest BCUT2D eigenvalue weighted by Crippen LogP contribution is 2.31. The number of halogens is 3. The number of hydrogen-bond donors (Lipinski definition) is 1. The molecule has 2 rings (SSSR count). The van der Waals surface area contributed by atoms with Gasteiger partial charge in [-0.05, 0) is 59.3 Å². The van der Waals surface area contributed by atoms with Gasteiger partial charge in [0.2, 0.25) is 0 Å². The van der Waals surface area contributed by atoms with Crippen LogP contribution in [0.25, 0.3) is 0 Å². The molecule has 2 N–H and O–H groups in total.